The average molecular weight is 558 g/mol. The minimum absolute atomic E-state index is 0.106. The maximum Gasteiger partial charge on any atom is 0.246 e. The Balaban J connectivity index is 1.29. The Kier molecular flexibility index (Phi) is 6.42. The van der Waals surface area contributed by atoms with E-state index in [2.05, 4.69) is 26.6 Å². The molecule has 36 heavy (non-hydrogen) atoms. The van der Waals surface area contributed by atoms with Crippen LogP contribution in [-0.4, -0.2) is 65.7 Å². The van der Waals surface area contributed by atoms with Crippen molar-refractivity contribution in [2.24, 2.45) is 11.8 Å². The van der Waals surface area contributed by atoms with Crippen LogP contribution in [0.5, 0.6) is 0 Å². The molecule has 6 rings (SSSR count). The Morgan fingerprint density at radius 2 is 1.83 bits per heavy atom. The lowest BCUT2D eigenvalue weighted by Gasteiger charge is -2.34. The van der Waals surface area contributed by atoms with Crippen LogP contribution in [0.2, 0.25) is 0 Å². The first-order valence-electron chi connectivity index (χ1n) is 13.1. The molecule has 0 radical (unpaired) electrons. The summed E-state index contributed by atoms with van der Waals surface area (Å²) in [5, 5.41) is 6.18. The first-order chi connectivity index (χ1) is 17.5. The summed E-state index contributed by atoms with van der Waals surface area (Å²) < 4.78 is 13.2. The van der Waals surface area contributed by atoms with E-state index in [0.29, 0.717) is 18.8 Å². The normalized spacial score (nSPS) is 35.3. The highest BCUT2D eigenvalue weighted by atomic mass is 79.9. The number of halogens is 1. The molecule has 8 nitrogen and oxygen atoms in total. The maximum atomic E-state index is 14.0. The van der Waals surface area contributed by atoms with Crippen molar-refractivity contribution >= 4 is 39.3 Å². The number of amides is 3. The number of anilines is 1. The molecule has 4 fully saturated rings. The fraction of sp³-hybridized carbons (Fsp3) is 0.593. The van der Waals surface area contributed by atoms with Gasteiger partial charge in [-0.05, 0) is 49.9 Å². The number of ether oxygens (including phenoxy) is 2. The summed E-state index contributed by atoms with van der Waals surface area (Å²) in [7, 11) is 0. The van der Waals surface area contributed by atoms with Crippen molar-refractivity contribution in [3.63, 3.8) is 0 Å². The third kappa shape index (κ3) is 4.09. The van der Waals surface area contributed by atoms with Crippen LogP contribution in [-0.2, 0) is 23.9 Å². The molecule has 3 amide bonds. The monoisotopic (exact) mass is 557 g/mol. The molecule has 0 aromatic heterocycles. The van der Waals surface area contributed by atoms with E-state index in [-0.39, 0.29) is 29.9 Å². The van der Waals surface area contributed by atoms with Gasteiger partial charge in [0.1, 0.15) is 11.6 Å². The number of benzene rings is 1. The van der Waals surface area contributed by atoms with Crippen molar-refractivity contribution in [1.82, 2.24) is 10.2 Å². The number of fused-ring (bicyclic) bond motifs is 1. The summed E-state index contributed by atoms with van der Waals surface area (Å²) in [4.78, 5) is 42.9. The summed E-state index contributed by atoms with van der Waals surface area (Å²) in [6.45, 7) is 1.000. The summed E-state index contributed by atoms with van der Waals surface area (Å²) in [6, 6.07) is 6.62. The van der Waals surface area contributed by atoms with Crippen LogP contribution in [0.1, 0.15) is 44.9 Å². The lowest BCUT2D eigenvalue weighted by molar-refractivity contribution is -0.143. The lowest BCUT2D eigenvalue weighted by Crippen LogP contribution is -2.57. The van der Waals surface area contributed by atoms with Gasteiger partial charge in [-0.15, -0.1) is 0 Å². The Labute approximate surface area is 219 Å². The van der Waals surface area contributed by atoms with E-state index in [1.807, 2.05) is 36.4 Å². The van der Waals surface area contributed by atoms with E-state index in [4.69, 9.17) is 9.47 Å². The topological polar surface area (TPSA) is 97.0 Å². The van der Waals surface area contributed by atoms with E-state index in [1.54, 1.807) is 4.90 Å². The minimum Gasteiger partial charge on any atom is -0.376 e. The quantitative estimate of drug-likeness (QED) is 0.523. The van der Waals surface area contributed by atoms with E-state index in [1.165, 1.54) is 6.42 Å². The summed E-state index contributed by atoms with van der Waals surface area (Å²) >= 11 is 3.41. The second-order valence-corrected chi connectivity index (χ2v) is 11.6. The Hall–Kier alpha value is -2.23. The first-order valence-corrected chi connectivity index (χ1v) is 13.9. The number of rotatable bonds is 6. The Bertz CT molecular complexity index is 1070. The molecule has 1 spiro atoms. The molecular formula is C27H32BrN3O5. The van der Waals surface area contributed by atoms with Gasteiger partial charge in [-0.25, -0.2) is 0 Å². The van der Waals surface area contributed by atoms with Crippen LogP contribution >= 0.6 is 15.9 Å². The number of hydrogen-bond acceptors (Lipinski definition) is 5. The van der Waals surface area contributed by atoms with Crippen LogP contribution < -0.4 is 10.6 Å². The lowest BCUT2D eigenvalue weighted by atomic mass is 9.74. The van der Waals surface area contributed by atoms with Gasteiger partial charge in [-0.3, -0.25) is 14.4 Å². The predicted octanol–water partition coefficient (Wildman–Crippen LogP) is 3.17. The zero-order valence-corrected chi connectivity index (χ0v) is 21.7. The minimum atomic E-state index is -1.14. The van der Waals surface area contributed by atoms with Crippen molar-refractivity contribution in [3.05, 3.63) is 40.9 Å². The zero-order valence-electron chi connectivity index (χ0n) is 20.2. The Morgan fingerprint density at radius 3 is 2.56 bits per heavy atom. The molecule has 1 aromatic rings. The van der Waals surface area contributed by atoms with E-state index < -0.39 is 29.6 Å². The van der Waals surface area contributed by atoms with Crippen LogP contribution in [0.3, 0.4) is 0 Å². The molecular weight excluding hydrogens is 526 g/mol. The van der Waals surface area contributed by atoms with Gasteiger partial charge in [0, 0.05) is 29.4 Å². The van der Waals surface area contributed by atoms with Gasteiger partial charge >= 0.3 is 0 Å². The number of nitrogens with one attached hydrogen (secondary N) is 2. The SMILES string of the molecule is O=C(Nc1ccc(Br)cc1)[C@H]1[C@H]2C=C[C@@]3(O2)[C@H]1C(=O)N(C[C@H]1CCCO1)[C@@H]3C(=O)NC1CCCCC1. The van der Waals surface area contributed by atoms with Gasteiger partial charge < -0.3 is 25.0 Å². The molecule has 6 atom stereocenters. The second kappa shape index (κ2) is 9.58. The molecule has 4 aliphatic heterocycles. The fourth-order valence-corrected chi connectivity index (χ4v) is 7.02. The molecule has 1 aliphatic carbocycles. The number of carbonyl (C=O) groups is 3. The first kappa shape index (κ1) is 24.1. The largest absolute Gasteiger partial charge is 0.376 e. The molecule has 0 unspecified atom stereocenters. The third-order valence-electron chi connectivity index (χ3n) is 8.41. The smallest absolute Gasteiger partial charge is 0.246 e. The second-order valence-electron chi connectivity index (χ2n) is 10.7. The number of carbonyl (C=O) groups excluding carboxylic acids is 3. The number of hydrogen-bond donors (Lipinski definition) is 2. The standard InChI is InChI=1S/C27H32BrN3O5/c28-16-8-10-18(11-9-16)29-24(32)21-20-12-13-27(36-20)22(21)26(34)31(15-19-7-4-14-35-19)23(27)25(33)30-17-5-2-1-3-6-17/h8-13,17,19-23H,1-7,14-15H2,(H,29,32)(H,30,33)/t19-,20-,21+,22-,23-,27-/m1/s1. The third-order valence-corrected chi connectivity index (χ3v) is 8.94. The van der Waals surface area contributed by atoms with Crippen LogP contribution in [0, 0.1) is 11.8 Å². The maximum absolute atomic E-state index is 14.0. The van der Waals surface area contributed by atoms with Gasteiger partial charge in [0.2, 0.25) is 17.7 Å². The summed E-state index contributed by atoms with van der Waals surface area (Å²) in [5.74, 6) is -2.10. The Morgan fingerprint density at radius 1 is 1.06 bits per heavy atom. The van der Waals surface area contributed by atoms with E-state index in [0.717, 1.165) is 43.0 Å². The zero-order chi connectivity index (χ0) is 24.9. The highest BCUT2D eigenvalue weighted by Crippen LogP contribution is 2.55. The molecule has 1 aromatic carbocycles. The molecule has 2 bridgehead atoms. The summed E-state index contributed by atoms with van der Waals surface area (Å²) in [5.41, 5.74) is -0.488. The number of nitrogens with zero attached hydrogens (tertiary/aromatic N) is 1. The van der Waals surface area contributed by atoms with Gasteiger partial charge in [0.25, 0.3) is 0 Å². The molecule has 192 valence electrons. The van der Waals surface area contributed by atoms with Crippen molar-refractivity contribution in [2.45, 2.75) is 74.8 Å². The molecule has 9 heteroatoms. The van der Waals surface area contributed by atoms with Gasteiger partial charge in [0.15, 0.2) is 0 Å². The van der Waals surface area contributed by atoms with Gasteiger partial charge in [0.05, 0.1) is 24.0 Å². The fourth-order valence-electron chi connectivity index (χ4n) is 6.76. The molecule has 3 saturated heterocycles. The van der Waals surface area contributed by atoms with Crippen LogP contribution in [0.4, 0.5) is 5.69 Å². The molecule has 4 heterocycles. The average Bonchev–Trinajstić information content (AvgIpc) is 3.64. The molecule has 2 N–H and O–H groups in total. The summed E-state index contributed by atoms with van der Waals surface area (Å²) in [6.07, 6.45) is 10.2. The van der Waals surface area contributed by atoms with E-state index in [9.17, 15) is 14.4 Å². The van der Waals surface area contributed by atoms with Crippen LogP contribution in [0.15, 0.2) is 40.9 Å². The molecule has 5 aliphatic rings. The van der Waals surface area contributed by atoms with Crippen molar-refractivity contribution in [3.8, 4) is 0 Å². The van der Waals surface area contributed by atoms with Crippen molar-refractivity contribution < 1.29 is 23.9 Å². The van der Waals surface area contributed by atoms with Gasteiger partial charge in [-0.2, -0.15) is 0 Å². The highest BCUT2D eigenvalue weighted by Gasteiger charge is 2.73. The van der Waals surface area contributed by atoms with Crippen molar-refractivity contribution in [1.29, 1.82) is 0 Å². The van der Waals surface area contributed by atoms with Gasteiger partial charge in [-0.1, -0.05) is 47.3 Å². The van der Waals surface area contributed by atoms with Crippen LogP contribution in [0.25, 0.3) is 0 Å². The van der Waals surface area contributed by atoms with E-state index >= 15 is 0 Å². The molecule has 1 saturated carbocycles. The highest BCUT2D eigenvalue weighted by molar-refractivity contribution is 9.10. The predicted molar refractivity (Wildman–Crippen MR) is 136 cm³/mol. The number of likely N-dealkylation sites (tertiary alicyclic amines) is 1. The van der Waals surface area contributed by atoms with Crippen molar-refractivity contribution in [2.75, 3.05) is 18.5 Å².